The molecule has 8 heteroatoms. The third kappa shape index (κ3) is 6.00. The van der Waals surface area contributed by atoms with Crippen molar-refractivity contribution in [3.05, 3.63) is 35.4 Å². The molecule has 0 spiro atoms. The van der Waals surface area contributed by atoms with E-state index in [9.17, 15) is 26.3 Å². The van der Waals surface area contributed by atoms with Crippen molar-refractivity contribution in [1.29, 1.82) is 0 Å². The molecule has 1 rings (SSSR count). The summed E-state index contributed by atoms with van der Waals surface area (Å²) in [6.45, 7) is -1.26. The van der Waals surface area contributed by atoms with Gasteiger partial charge in [-0.1, -0.05) is 12.1 Å². The van der Waals surface area contributed by atoms with Crippen molar-refractivity contribution in [2.24, 2.45) is 0 Å². The Hall–Kier alpha value is -0.950. The van der Waals surface area contributed by atoms with Gasteiger partial charge in [0.25, 0.3) is 0 Å². The fraction of sp³-hybridized carbons (Fsp3) is 0.500. The second-order valence-electron chi connectivity index (χ2n) is 4.21. The van der Waals surface area contributed by atoms with Crippen LogP contribution in [0.5, 0.6) is 0 Å². The highest BCUT2D eigenvalue weighted by atomic mass is 35.5. The van der Waals surface area contributed by atoms with Gasteiger partial charge in [0.1, 0.15) is 0 Å². The van der Waals surface area contributed by atoms with Gasteiger partial charge in [-0.3, -0.25) is 4.90 Å². The predicted molar refractivity (Wildman–Crippen MR) is 63.5 cm³/mol. The third-order valence-electron chi connectivity index (χ3n) is 2.49. The first-order valence-electron chi connectivity index (χ1n) is 5.63. The van der Waals surface area contributed by atoms with Gasteiger partial charge in [0, 0.05) is 19.0 Å². The second-order valence-corrected chi connectivity index (χ2v) is 4.59. The predicted octanol–water partition coefficient (Wildman–Crippen LogP) is 4.31. The standard InChI is InChI=1S/C12H12ClF6N/c13-5-6-20(8-11(14,15)16)7-9-1-3-10(4-2-9)12(17,18)19/h1-4H,5-8H2. The van der Waals surface area contributed by atoms with E-state index >= 15 is 0 Å². The van der Waals surface area contributed by atoms with Crippen molar-refractivity contribution in [2.45, 2.75) is 18.9 Å². The fourth-order valence-electron chi connectivity index (χ4n) is 1.64. The van der Waals surface area contributed by atoms with Gasteiger partial charge in [0.2, 0.25) is 0 Å². The van der Waals surface area contributed by atoms with E-state index in [-0.39, 0.29) is 19.0 Å². The van der Waals surface area contributed by atoms with E-state index in [4.69, 9.17) is 11.6 Å². The van der Waals surface area contributed by atoms with Crippen LogP contribution in [0.1, 0.15) is 11.1 Å². The lowest BCUT2D eigenvalue weighted by atomic mass is 10.1. The average Bonchev–Trinajstić information content (AvgIpc) is 2.26. The molecule has 20 heavy (non-hydrogen) atoms. The molecule has 0 unspecified atom stereocenters. The van der Waals surface area contributed by atoms with Crippen LogP contribution in [-0.2, 0) is 12.7 Å². The highest BCUT2D eigenvalue weighted by Crippen LogP contribution is 2.29. The summed E-state index contributed by atoms with van der Waals surface area (Å²) < 4.78 is 74.0. The Morgan fingerprint density at radius 3 is 1.90 bits per heavy atom. The molecular formula is C12H12ClF6N. The van der Waals surface area contributed by atoms with Gasteiger partial charge in [0.15, 0.2) is 0 Å². The molecule has 0 N–H and O–H groups in total. The number of hydrogen-bond donors (Lipinski definition) is 0. The Bertz CT molecular complexity index is 411. The molecule has 1 nitrogen and oxygen atoms in total. The van der Waals surface area contributed by atoms with Crippen LogP contribution in [0.2, 0.25) is 0 Å². The number of alkyl halides is 7. The lowest BCUT2D eigenvalue weighted by Gasteiger charge is -2.22. The second kappa shape index (κ2) is 6.67. The highest BCUT2D eigenvalue weighted by molar-refractivity contribution is 6.18. The first-order valence-corrected chi connectivity index (χ1v) is 6.16. The molecule has 0 saturated heterocycles. The Morgan fingerprint density at radius 2 is 1.50 bits per heavy atom. The topological polar surface area (TPSA) is 3.24 Å². The SMILES string of the molecule is FC(F)(F)CN(CCCl)Cc1ccc(C(F)(F)F)cc1. The van der Waals surface area contributed by atoms with Crippen LogP contribution in [0.25, 0.3) is 0 Å². The first-order chi connectivity index (χ1) is 9.12. The Kier molecular flexibility index (Phi) is 5.70. The van der Waals surface area contributed by atoms with Crippen LogP contribution < -0.4 is 0 Å². The van der Waals surface area contributed by atoms with Gasteiger partial charge in [-0.2, -0.15) is 26.3 Å². The molecule has 0 radical (unpaired) electrons. The van der Waals surface area contributed by atoms with Gasteiger partial charge >= 0.3 is 12.4 Å². The number of hydrogen-bond acceptors (Lipinski definition) is 1. The van der Waals surface area contributed by atoms with Gasteiger partial charge in [-0.25, -0.2) is 0 Å². The molecule has 0 atom stereocenters. The van der Waals surface area contributed by atoms with Crippen LogP contribution in [-0.4, -0.2) is 30.0 Å². The van der Waals surface area contributed by atoms with Crippen molar-refractivity contribution in [1.82, 2.24) is 4.90 Å². The molecule has 0 bridgehead atoms. The van der Waals surface area contributed by atoms with Crippen LogP contribution in [0, 0.1) is 0 Å². The van der Waals surface area contributed by atoms with E-state index in [1.54, 1.807) is 0 Å². The normalized spacial score (nSPS) is 13.0. The number of nitrogens with zero attached hydrogens (tertiary/aromatic N) is 1. The number of halogens is 7. The molecule has 0 saturated carbocycles. The van der Waals surface area contributed by atoms with E-state index in [1.807, 2.05) is 0 Å². The molecular weight excluding hydrogens is 308 g/mol. The number of benzene rings is 1. The quantitative estimate of drug-likeness (QED) is 0.577. The Balaban J connectivity index is 2.74. The zero-order valence-corrected chi connectivity index (χ0v) is 11.0. The monoisotopic (exact) mass is 319 g/mol. The lowest BCUT2D eigenvalue weighted by Crippen LogP contribution is -2.35. The Labute approximate surface area is 117 Å². The van der Waals surface area contributed by atoms with Crippen molar-refractivity contribution in [2.75, 3.05) is 19.0 Å². The van der Waals surface area contributed by atoms with Gasteiger partial charge in [0.05, 0.1) is 12.1 Å². The van der Waals surface area contributed by atoms with Crippen molar-refractivity contribution in [3.63, 3.8) is 0 Å². The summed E-state index contributed by atoms with van der Waals surface area (Å²) in [5, 5.41) is 0. The van der Waals surface area contributed by atoms with E-state index in [0.717, 1.165) is 17.0 Å². The minimum absolute atomic E-state index is 0.00207. The van der Waals surface area contributed by atoms with Gasteiger partial charge in [-0.15, -0.1) is 11.6 Å². The minimum atomic E-state index is -4.46. The summed E-state index contributed by atoms with van der Waals surface area (Å²) in [6, 6.07) is 4.03. The summed E-state index contributed by atoms with van der Waals surface area (Å²) in [5.74, 6) is 0.0106. The maximum absolute atomic E-state index is 12.3. The Morgan fingerprint density at radius 1 is 0.950 bits per heavy atom. The van der Waals surface area contributed by atoms with Crippen LogP contribution in [0.4, 0.5) is 26.3 Å². The summed E-state index contributed by atoms with van der Waals surface area (Å²) in [5.41, 5.74) is -0.465. The van der Waals surface area contributed by atoms with Crippen LogP contribution in [0.3, 0.4) is 0 Å². The molecule has 0 aromatic heterocycles. The zero-order chi connectivity index (χ0) is 15.4. The summed E-state index contributed by atoms with van der Waals surface area (Å²) >= 11 is 5.42. The molecule has 1 aromatic carbocycles. The molecule has 114 valence electrons. The molecule has 0 fully saturated rings. The summed E-state index contributed by atoms with van der Waals surface area (Å²) in [4.78, 5) is 1.04. The molecule has 0 aliphatic carbocycles. The molecule has 0 aliphatic rings. The molecule has 0 amide bonds. The highest BCUT2D eigenvalue weighted by Gasteiger charge is 2.31. The van der Waals surface area contributed by atoms with Crippen molar-refractivity contribution < 1.29 is 26.3 Å². The van der Waals surface area contributed by atoms with Crippen molar-refractivity contribution >= 4 is 11.6 Å². The maximum Gasteiger partial charge on any atom is 0.416 e. The largest absolute Gasteiger partial charge is 0.416 e. The van der Waals surface area contributed by atoms with E-state index < -0.39 is 24.5 Å². The molecule has 0 aliphatic heterocycles. The fourth-order valence-corrected chi connectivity index (χ4v) is 1.88. The van der Waals surface area contributed by atoms with Crippen LogP contribution in [0.15, 0.2) is 24.3 Å². The van der Waals surface area contributed by atoms with Gasteiger partial charge < -0.3 is 0 Å². The minimum Gasteiger partial charge on any atom is -0.290 e. The van der Waals surface area contributed by atoms with Gasteiger partial charge in [-0.05, 0) is 17.7 Å². The molecule has 0 heterocycles. The van der Waals surface area contributed by atoms with Crippen molar-refractivity contribution in [3.8, 4) is 0 Å². The zero-order valence-electron chi connectivity index (χ0n) is 10.2. The molecule has 1 aromatic rings. The van der Waals surface area contributed by atoms with E-state index in [0.29, 0.717) is 5.56 Å². The smallest absolute Gasteiger partial charge is 0.290 e. The van der Waals surface area contributed by atoms with Crippen LogP contribution >= 0.6 is 11.6 Å². The van der Waals surface area contributed by atoms with E-state index in [2.05, 4.69) is 0 Å². The first kappa shape index (κ1) is 17.1. The lowest BCUT2D eigenvalue weighted by molar-refractivity contribution is -0.146. The summed E-state index contributed by atoms with van der Waals surface area (Å²) in [6.07, 6.45) is -8.84. The van der Waals surface area contributed by atoms with E-state index in [1.165, 1.54) is 12.1 Å². The number of rotatable bonds is 5. The maximum atomic E-state index is 12.3. The third-order valence-corrected chi connectivity index (χ3v) is 2.66. The average molecular weight is 320 g/mol. The summed E-state index contributed by atoms with van der Waals surface area (Å²) in [7, 11) is 0.